The zero-order valence-electron chi connectivity index (χ0n) is 11.1. The summed E-state index contributed by atoms with van der Waals surface area (Å²) < 4.78 is 0. The minimum Gasteiger partial charge on any atom is -0.295 e. The predicted molar refractivity (Wildman–Crippen MR) is 83.6 cm³/mol. The molecule has 0 aromatic heterocycles. The molecule has 0 spiro atoms. The fourth-order valence-electron chi connectivity index (χ4n) is 1.95. The summed E-state index contributed by atoms with van der Waals surface area (Å²) in [5.41, 5.74) is 1.68. The van der Waals surface area contributed by atoms with Crippen molar-refractivity contribution in [1.82, 2.24) is 4.90 Å². The van der Waals surface area contributed by atoms with Gasteiger partial charge in [0.2, 0.25) is 0 Å². The molecule has 0 heterocycles. The molecule has 0 fully saturated rings. The van der Waals surface area contributed by atoms with E-state index in [-0.39, 0.29) is 5.78 Å². The molecule has 2 aromatic carbocycles. The summed E-state index contributed by atoms with van der Waals surface area (Å²) in [5.74, 6) is 0.0659. The number of ketones is 1. The van der Waals surface area contributed by atoms with E-state index in [2.05, 4.69) is 0 Å². The maximum atomic E-state index is 12.1. The molecule has 104 valence electrons. The van der Waals surface area contributed by atoms with E-state index in [9.17, 15) is 4.79 Å². The first kappa shape index (κ1) is 15.0. The Labute approximate surface area is 128 Å². The van der Waals surface area contributed by atoms with Crippen LogP contribution >= 0.6 is 23.2 Å². The van der Waals surface area contributed by atoms with Crippen LogP contribution in [0, 0.1) is 0 Å². The molecule has 0 aliphatic heterocycles. The van der Waals surface area contributed by atoms with Crippen molar-refractivity contribution < 1.29 is 4.79 Å². The van der Waals surface area contributed by atoms with Crippen LogP contribution < -0.4 is 0 Å². The second-order valence-corrected chi connectivity index (χ2v) is 5.54. The summed E-state index contributed by atoms with van der Waals surface area (Å²) in [6.45, 7) is 0.978. The van der Waals surface area contributed by atoms with Crippen LogP contribution in [0.15, 0.2) is 48.5 Å². The van der Waals surface area contributed by atoms with Gasteiger partial charge in [0.05, 0.1) is 6.54 Å². The van der Waals surface area contributed by atoms with Crippen molar-refractivity contribution in [2.24, 2.45) is 0 Å². The number of rotatable bonds is 5. The van der Waals surface area contributed by atoms with Crippen LogP contribution in [0.4, 0.5) is 0 Å². The maximum absolute atomic E-state index is 12.1. The van der Waals surface area contributed by atoms with Crippen molar-refractivity contribution >= 4 is 29.0 Å². The molecular formula is C16H15Cl2NO. The van der Waals surface area contributed by atoms with Gasteiger partial charge in [0.1, 0.15) is 0 Å². The maximum Gasteiger partial charge on any atom is 0.176 e. The van der Waals surface area contributed by atoms with Crippen LogP contribution in [-0.2, 0) is 6.54 Å². The lowest BCUT2D eigenvalue weighted by molar-refractivity contribution is 0.0943. The van der Waals surface area contributed by atoms with Crippen LogP contribution in [0.5, 0.6) is 0 Å². The molecule has 0 aliphatic carbocycles. The highest BCUT2D eigenvalue weighted by molar-refractivity contribution is 6.31. The summed E-state index contributed by atoms with van der Waals surface area (Å²) in [4.78, 5) is 14.1. The Morgan fingerprint density at radius 2 is 1.70 bits per heavy atom. The van der Waals surface area contributed by atoms with E-state index in [1.807, 2.05) is 36.2 Å². The number of Topliss-reactive ketones (excluding diaryl/α,β-unsaturated/α-hetero) is 1. The van der Waals surface area contributed by atoms with E-state index < -0.39 is 0 Å². The zero-order valence-corrected chi connectivity index (χ0v) is 12.7. The molecule has 0 atom stereocenters. The van der Waals surface area contributed by atoms with Crippen molar-refractivity contribution in [3.8, 4) is 0 Å². The van der Waals surface area contributed by atoms with E-state index in [0.29, 0.717) is 23.7 Å². The van der Waals surface area contributed by atoms with Gasteiger partial charge in [-0.1, -0.05) is 41.4 Å². The molecule has 4 heteroatoms. The summed E-state index contributed by atoms with van der Waals surface area (Å²) >= 11 is 11.9. The molecule has 0 aliphatic rings. The van der Waals surface area contributed by atoms with E-state index in [1.165, 1.54) is 0 Å². The van der Waals surface area contributed by atoms with Gasteiger partial charge in [-0.15, -0.1) is 0 Å². The Bertz CT molecular complexity index is 596. The number of nitrogens with zero attached hydrogens (tertiary/aromatic N) is 1. The monoisotopic (exact) mass is 307 g/mol. The Hall–Kier alpha value is -1.35. The third kappa shape index (κ3) is 4.07. The van der Waals surface area contributed by atoms with Crippen LogP contribution in [0.3, 0.4) is 0 Å². The van der Waals surface area contributed by atoms with Gasteiger partial charge in [0, 0.05) is 22.2 Å². The van der Waals surface area contributed by atoms with Crippen molar-refractivity contribution in [2.45, 2.75) is 6.54 Å². The van der Waals surface area contributed by atoms with E-state index >= 15 is 0 Å². The SMILES string of the molecule is CN(CC(=O)c1ccc(Cl)cc1)Cc1ccccc1Cl. The fourth-order valence-corrected chi connectivity index (χ4v) is 2.27. The second kappa shape index (κ2) is 6.89. The quantitative estimate of drug-likeness (QED) is 0.767. The van der Waals surface area contributed by atoms with E-state index in [0.717, 1.165) is 10.6 Å². The lowest BCUT2D eigenvalue weighted by atomic mass is 10.1. The van der Waals surface area contributed by atoms with E-state index in [4.69, 9.17) is 23.2 Å². The van der Waals surface area contributed by atoms with E-state index in [1.54, 1.807) is 24.3 Å². The van der Waals surface area contributed by atoms with Gasteiger partial charge in [-0.05, 0) is 42.9 Å². The average Bonchev–Trinajstić information content (AvgIpc) is 2.42. The molecular weight excluding hydrogens is 293 g/mol. The van der Waals surface area contributed by atoms with Crippen molar-refractivity contribution in [3.63, 3.8) is 0 Å². The lowest BCUT2D eigenvalue weighted by Crippen LogP contribution is -2.25. The number of hydrogen-bond acceptors (Lipinski definition) is 2. The Morgan fingerprint density at radius 3 is 2.35 bits per heavy atom. The summed E-state index contributed by atoms with van der Waals surface area (Å²) in [5, 5.41) is 1.35. The largest absolute Gasteiger partial charge is 0.295 e. The van der Waals surface area contributed by atoms with Crippen molar-refractivity contribution in [2.75, 3.05) is 13.6 Å². The van der Waals surface area contributed by atoms with Gasteiger partial charge in [-0.25, -0.2) is 0 Å². The molecule has 0 saturated heterocycles. The Kier molecular flexibility index (Phi) is 5.18. The normalized spacial score (nSPS) is 10.8. The molecule has 20 heavy (non-hydrogen) atoms. The first-order valence-electron chi connectivity index (χ1n) is 6.27. The summed E-state index contributed by atoms with van der Waals surface area (Å²) in [7, 11) is 1.90. The Balaban J connectivity index is 1.98. The van der Waals surface area contributed by atoms with Crippen LogP contribution in [0.1, 0.15) is 15.9 Å². The molecule has 0 N–H and O–H groups in total. The summed E-state index contributed by atoms with van der Waals surface area (Å²) in [6, 6.07) is 14.6. The molecule has 0 bridgehead atoms. The van der Waals surface area contributed by atoms with Gasteiger partial charge >= 0.3 is 0 Å². The highest BCUT2D eigenvalue weighted by Gasteiger charge is 2.10. The zero-order chi connectivity index (χ0) is 14.5. The summed E-state index contributed by atoms with van der Waals surface area (Å²) in [6.07, 6.45) is 0. The molecule has 0 unspecified atom stereocenters. The molecule has 0 radical (unpaired) electrons. The minimum atomic E-state index is 0.0659. The predicted octanol–water partition coefficient (Wildman–Crippen LogP) is 4.31. The highest BCUT2D eigenvalue weighted by Crippen LogP contribution is 2.17. The number of carbonyl (C=O) groups is 1. The smallest absolute Gasteiger partial charge is 0.176 e. The molecule has 0 saturated carbocycles. The second-order valence-electron chi connectivity index (χ2n) is 4.69. The molecule has 0 amide bonds. The van der Waals surface area contributed by atoms with Crippen molar-refractivity contribution in [3.05, 3.63) is 69.7 Å². The number of hydrogen-bond donors (Lipinski definition) is 0. The number of carbonyl (C=O) groups excluding carboxylic acids is 1. The standard InChI is InChI=1S/C16H15Cl2NO/c1-19(10-13-4-2-3-5-15(13)18)11-16(20)12-6-8-14(17)9-7-12/h2-9H,10-11H2,1H3. The van der Waals surface area contributed by atoms with Gasteiger partial charge in [-0.2, -0.15) is 0 Å². The number of halogens is 2. The van der Waals surface area contributed by atoms with Crippen LogP contribution in [-0.4, -0.2) is 24.3 Å². The first-order chi connectivity index (χ1) is 9.56. The molecule has 2 aromatic rings. The van der Waals surface area contributed by atoms with Crippen LogP contribution in [0.25, 0.3) is 0 Å². The van der Waals surface area contributed by atoms with Gasteiger partial charge in [-0.3, -0.25) is 9.69 Å². The minimum absolute atomic E-state index is 0.0659. The third-order valence-corrected chi connectivity index (χ3v) is 3.60. The van der Waals surface area contributed by atoms with Crippen LogP contribution in [0.2, 0.25) is 10.0 Å². The lowest BCUT2D eigenvalue weighted by Gasteiger charge is -2.16. The van der Waals surface area contributed by atoms with Gasteiger partial charge in [0.15, 0.2) is 5.78 Å². The Morgan fingerprint density at radius 1 is 1.05 bits per heavy atom. The first-order valence-corrected chi connectivity index (χ1v) is 7.02. The highest BCUT2D eigenvalue weighted by atomic mass is 35.5. The number of likely N-dealkylation sites (N-methyl/N-ethyl adjacent to an activating group) is 1. The van der Waals surface area contributed by atoms with Gasteiger partial charge in [0.25, 0.3) is 0 Å². The average molecular weight is 308 g/mol. The number of benzene rings is 2. The molecule has 2 rings (SSSR count). The topological polar surface area (TPSA) is 20.3 Å². The molecule has 2 nitrogen and oxygen atoms in total. The third-order valence-electron chi connectivity index (χ3n) is 2.98. The van der Waals surface area contributed by atoms with Crippen molar-refractivity contribution in [1.29, 1.82) is 0 Å². The van der Waals surface area contributed by atoms with Gasteiger partial charge < -0.3 is 0 Å². The fraction of sp³-hybridized carbons (Fsp3) is 0.188.